The summed E-state index contributed by atoms with van der Waals surface area (Å²) in [7, 11) is 1.83. The fourth-order valence-electron chi connectivity index (χ4n) is 4.62. The van der Waals surface area contributed by atoms with Gasteiger partial charge in [0.25, 0.3) is 5.91 Å². The number of anilines is 1. The Kier molecular flexibility index (Phi) is 4.62. The van der Waals surface area contributed by atoms with Gasteiger partial charge in [-0.15, -0.1) is 0 Å². The minimum absolute atomic E-state index is 0.00252. The number of rotatable bonds is 4. The summed E-state index contributed by atoms with van der Waals surface area (Å²) < 4.78 is 0. The van der Waals surface area contributed by atoms with Gasteiger partial charge in [-0.2, -0.15) is 0 Å². The molecule has 0 bridgehead atoms. The number of carbonyl (C=O) groups excluding carboxylic acids is 2. The van der Waals surface area contributed by atoms with E-state index < -0.39 is 0 Å². The van der Waals surface area contributed by atoms with Crippen molar-refractivity contribution in [3.05, 3.63) is 89.0 Å². The van der Waals surface area contributed by atoms with Crippen LogP contribution in [0.3, 0.4) is 0 Å². The monoisotopic (exact) mass is 396 g/mol. The maximum atomic E-state index is 13.2. The second-order valence-corrected chi connectivity index (χ2v) is 8.12. The van der Waals surface area contributed by atoms with E-state index in [-0.39, 0.29) is 11.7 Å². The maximum Gasteiger partial charge on any atom is 0.253 e. The molecule has 150 valence electrons. The average molecular weight is 396 g/mol. The molecule has 0 aromatic heterocycles. The molecule has 1 fully saturated rings. The molecular weight excluding hydrogens is 372 g/mol. The van der Waals surface area contributed by atoms with Gasteiger partial charge >= 0.3 is 0 Å². The van der Waals surface area contributed by atoms with E-state index in [2.05, 4.69) is 23.1 Å². The van der Waals surface area contributed by atoms with Gasteiger partial charge in [0.1, 0.15) is 0 Å². The van der Waals surface area contributed by atoms with E-state index in [9.17, 15) is 9.59 Å². The normalized spacial score (nSPS) is 14.6. The van der Waals surface area contributed by atoms with Gasteiger partial charge in [0.2, 0.25) is 0 Å². The molecular formula is C26H24N2O2. The molecule has 0 spiro atoms. The van der Waals surface area contributed by atoms with Gasteiger partial charge in [-0.25, -0.2) is 0 Å². The van der Waals surface area contributed by atoms with Crippen molar-refractivity contribution in [2.24, 2.45) is 0 Å². The SMILES string of the molecule is CN(Cc1ccccc1N1CCCC1)C(=O)c1ccc2c(c1)C(=O)c1ccccc1-2. The van der Waals surface area contributed by atoms with E-state index >= 15 is 0 Å². The summed E-state index contributed by atoms with van der Waals surface area (Å²) in [6.45, 7) is 2.68. The Bertz CT molecular complexity index is 1150. The number of ketones is 1. The van der Waals surface area contributed by atoms with Crippen LogP contribution in [0.2, 0.25) is 0 Å². The van der Waals surface area contributed by atoms with Crippen LogP contribution >= 0.6 is 0 Å². The molecule has 0 saturated carbocycles. The summed E-state index contributed by atoms with van der Waals surface area (Å²) in [6.07, 6.45) is 2.43. The van der Waals surface area contributed by atoms with Crippen molar-refractivity contribution in [3.8, 4) is 11.1 Å². The number of hydrogen-bond acceptors (Lipinski definition) is 3. The molecule has 3 aromatic rings. The zero-order valence-electron chi connectivity index (χ0n) is 17.1. The van der Waals surface area contributed by atoms with E-state index in [1.54, 1.807) is 11.0 Å². The van der Waals surface area contributed by atoms with Gasteiger partial charge in [0.05, 0.1) is 0 Å². The lowest BCUT2D eigenvalue weighted by Crippen LogP contribution is -2.28. The first-order chi connectivity index (χ1) is 14.6. The number of hydrogen-bond donors (Lipinski definition) is 0. The molecule has 0 atom stereocenters. The zero-order valence-corrected chi connectivity index (χ0v) is 17.1. The Morgan fingerprint density at radius 2 is 1.53 bits per heavy atom. The highest BCUT2D eigenvalue weighted by Gasteiger charge is 2.27. The van der Waals surface area contributed by atoms with E-state index in [0.717, 1.165) is 29.8 Å². The minimum Gasteiger partial charge on any atom is -0.371 e. The van der Waals surface area contributed by atoms with Gasteiger partial charge in [-0.1, -0.05) is 48.5 Å². The largest absolute Gasteiger partial charge is 0.371 e. The number of fused-ring (bicyclic) bond motifs is 3. The van der Waals surface area contributed by atoms with Gasteiger partial charge in [-0.3, -0.25) is 9.59 Å². The van der Waals surface area contributed by atoms with Gasteiger partial charge in [0, 0.05) is 49.1 Å². The molecule has 1 aliphatic carbocycles. The Hall–Kier alpha value is -3.40. The molecule has 4 nitrogen and oxygen atoms in total. The summed E-state index contributed by atoms with van der Waals surface area (Å²) in [4.78, 5) is 30.1. The lowest BCUT2D eigenvalue weighted by atomic mass is 10.0. The van der Waals surface area contributed by atoms with Crippen molar-refractivity contribution in [3.63, 3.8) is 0 Å². The summed E-state index contributed by atoms with van der Waals surface area (Å²) >= 11 is 0. The molecule has 0 radical (unpaired) electrons. The topological polar surface area (TPSA) is 40.6 Å². The Morgan fingerprint density at radius 1 is 0.867 bits per heavy atom. The van der Waals surface area contributed by atoms with E-state index in [4.69, 9.17) is 0 Å². The third kappa shape index (κ3) is 3.09. The van der Waals surface area contributed by atoms with Gasteiger partial charge in [-0.05, 0) is 47.7 Å². The minimum atomic E-state index is -0.0715. The van der Waals surface area contributed by atoms with Crippen molar-refractivity contribution in [2.75, 3.05) is 25.0 Å². The number of amides is 1. The van der Waals surface area contributed by atoms with Crippen molar-refractivity contribution in [2.45, 2.75) is 19.4 Å². The molecule has 1 saturated heterocycles. The first-order valence-corrected chi connectivity index (χ1v) is 10.5. The van der Waals surface area contributed by atoms with Crippen LogP contribution < -0.4 is 4.90 Å². The second-order valence-electron chi connectivity index (χ2n) is 8.12. The third-order valence-corrected chi connectivity index (χ3v) is 6.17. The molecule has 30 heavy (non-hydrogen) atoms. The molecule has 0 N–H and O–H groups in total. The first-order valence-electron chi connectivity index (χ1n) is 10.5. The lowest BCUT2D eigenvalue weighted by Gasteiger charge is -2.24. The Labute approximate surface area is 176 Å². The maximum absolute atomic E-state index is 13.2. The lowest BCUT2D eigenvalue weighted by molar-refractivity contribution is 0.0785. The summed E-state index contributed by atoms with van der Waals surface area (Å²) in [5, 5.41) is 0. The Balaban J connectivity index is 1.39. The molecule has 2 aliphatic rings. The van der Waals surface area contributed by atoms with Gasteiger partial charge in [0.15, 0.2) is 5.78 Å². The van der Waals surface area contributed by atoms with Crippen LogP contribution in [-0.2, 0) is 6.54 Å². The number of carbonyl (C=O) groups is 2. The van der Waals surface area contributed by atoms with Crippen LogP contribution in [0.25, 0.3) is 11.1 Å². The van der Waals surface area contributed by atoms with Crippen molar-refractivity contribution < 1.29 is 9.59 Å². The van der Waals surface area contributed by atoms with Crippen LogP contribution in [0.5, 0.6) is 0 Å². The second kappa shape index (κ2) is 7.45. The van der Waals surface area contributed by atoms with E-state index in [1.807, 2.05) is 49.5 Å². The first kappa shape index (κ1) is 18.6. The van der Waals surface area contributed by atoms with Crippen LogP contribution in [0.15, 0.2) is 66.7 Å². The fourth-order valence-corrected chi connectivity index (χ4v) is 4.62. The van der Waals surface area contributed by atoms with Crippen LogP contribution in [-0.4, -0.2) is 36.7 Å². The van der Waals surface area contributed by atoms with E-state index in [0.29, 0.717) is 23.2 Å². The third-order valence-electron chi connectivity index (χ3n) is 6.17. The van der Waals surface area contributed by atoms with Crippen molar-refractivity contribution in [1.82, 2.24) is 4.90 Å². The standard InChI is InChI=1S/C26H24N2O2/c1-27(17-19-8-2-5-11-24(19)28-14-6-7-15-28)26(30)18-12-13-21-20-9-3-4-10-22(20)25(29)23(21)16-18/h2-5,8-13,16H,6-7,14-15,17H2,1H3. The molecule has 1 aliphatic heterocycles. The predicted octanol–water partition coefficient (Wildman–Crippen LogP) is 4.77. The fraction of sp³-hybridized carbons (Fsp3) is 0.231. The molecule has 1 amide bonds. The van der Waals surface area contributed by atoms with Crippen LogP contribution in [0, 0.1) is 0 Å². The molecule has 1 heterocycles. The summed E-state index contributed by atoms with van der Waals surface area (Å²) in [5.74, 6) is -0.0740. The smallest absolute Gasteiger partial charge is 0.253 e. The summed E-state index contributed by atoms with van der Waals surface area (Å²) in [6, 6.07) is 21.4. The Morgan fingerprint density at radius 3 is 2.33 bits per heavy atom. The quantitative estimate of drug-likeness (QED) is 0.499. The highest BCUT2D eigenvalue weighted by Crippen LogP contribution is 2.37. The highest BCUT2D eigenvalue weighted by atomic mass is 16.2. The molecule has 3 aromatic carbocycles. The molecule has 0 unspecified atom stereocenters. The number of benzene rings is 3. The zero-order chi connectivity index (χ0) is 20.7. The summed E-state index contributed by atoms with van der Waals surface area (Å²) in [5.41, 5.74) is 6.11. The number of para-hydroxylation sites is 1. The molecule has 4 heteroatoms. The van der Waals surface area contributed by atoms with Crippen molar-refractivity contribution >= 4 is 17.4 Å². The molecule has 5 rings (SSSR count). The van der Waals surface area contributed by atoms with Crippen LogP contribution in [0.4, 0.5) is 5.69 Å². The highest BCUT2D eigenvalue weighted by molar-refractivity contribution is 6.22. The number of nitrogens with zero attached hydrogens (tertiary/aromatic N) is 2. The van der Waals surface area contributed by atoms with Crippen LogP contribution in [0.1, 0.15) is 44.7 Å². The van der Waals surface area contributed by atoms with Crippen molar-refractivity contribution in [1.29, 1.82) is 0 Å². The average Bonchev–Trinajstić information content (AvgIpc) is 3.41. The predicted molar refractivity (Wildman–Crippen MR) is 119 cm³/mol. The van der Waals surface area contributed by atoms with Gasteiger partial charge < -0.3 is 9.80 Å². The van der Waals surface area contributed by atoms with E-state index in [1.165, 1.54) is 18.5 Å².